The summed E-state index contributed by atoms with van der Waals surface area (Å²) < 4.78 is 0. The van der Waals surface area contributed by atoms with Crippen molar-refractivity contribution in [1.29, 1.82) is 0 Å². The molecule has 1 aromatic carbocycles. The molecule has 0 saturated heterocycles. The van der Waals surface area contributed by atoms with E-state index in [1.165, 1.54) is 0 Å². The number of hydrogen-bond acceptors (Lipinski definition) is 8. The average molecular weight is 544 g/mol. The van der Waals surface area contributed by atoms with Crippen molar-refractivity contribution in [2.24, 2.45) is 11.8 Å². The van der Waals surface area contributed by atoms with E-state index in [0.717, 1.165) is 0 Å². The highest BCUT2D eigenvalue weighted by Gasteiger charge is 2.25. The molecule has 208 valence electrons. The quantitative estimate of drug-likeness (QED) is 0.145. The molecule has 16 heteroatoms. The van der Waals surface area contributed by atoms with Gasteiger partial charge in [-0.25, -0.2) is 19.2 Å². The van der Waals surface area contributed by atoms with Gasteiger partial charge in [-0.3, -0.25) is 19.2 Å². The molecule has 0 aliphatic rings. The molecule has 1 aromatic rings. The zero-order valence-electron chi connectivity index (χ0n) is 19.4. The highest BCUT2D eigenvalue weighted by Crippen LogP contribution is 2.20. The largest absolute Gasteiger partial charge is 0.481 e. The number of unbranched alkanes of at least 4 members (excludes halogenated alkanes) is 1. The normalized spacial score (nSPS) is 11.7. The van der Waals surface area contributed by atoms with Gasteiger partial charge in [-0.05, 0) is 25.0 Å². The Morgan fingerprint density at radius 3 is 0.868 bits per heavy atom. The maximum atomic E-state index is 10.8. The van der Waals surface area contributed by atoms with Gasteiger partial charge in [0.15, 0.2) is 0 Å². The topological polar surface area (TPSA) is 298 Å². The number of benzene rings is 1. The lowest BCUT2D eigenvalue weighted by atomic mass is 9.94. The first-order valence-electron chi connectivity index (χ1n) is 10.5. The van der Waals surface area contributed by atoms with E-state index in [-0.39, 0.29) is 12.8 Å². The maximum Gasteiger partial charge on any atom is 0.336 e. The number of rotatable bonds is 15. The van der Waals surface area contributed by atoms with Crippen molar-refractivity contribution >= 4 is 47.8 Å². The van der Waals surface area contributed by atoms with Crippen LogP contribution in [-0.2, 0) is 19.2 Å². The van der Waals surface area contributed by atoms with Crippen LogP contribution in [-0.4, -0.2) is 88.6 Å². The van der Waals surface area contributed by atoms with Gasteiger partial charge in [0.25, 0.3) is 0 Å². The van der Waals surface area contributed by atoms with Crippen LogP contribution in [0.4, 0.5) is 0 Å². The number of carboxylic acid groups (broad SMARTS) is 8. The Hall–Kier alpha value is -5.02. The third kappa shape index (κ3) is 11.1. The summed E-state index contributed by atoms with van der Waals surface area (Å²) in [6, 6.07) is 1.02. The second kappa shape index (κ2) is 15.2. The van der Waals surface area contributed by atoms with Gasteiger partial charge in [-0.2, -0.15) is 0 Å². The van der Waals surface area contributed by atoms with Crippen molar-refractivity contribution in [2.75, 3.05) is 0 Å². The summed E-state index contributed by atoms with van der Waals surface area (Å²) in [5, 5.41) is 69.7. The first-order chi connectivity index (χ1) is 17.5. The van der Waals surface area contributed by atoms with Crippen LogP contribution >= 0.6 is 0 Å². The third-order valence-corrected chi connectivity index (χ3v) is 4.98. The van der Waals surface area contributed by atoms with Crippen LogP contribution in [0.1, 0.15) is 80.0 Å². The number of aromatic carboxylic acids is 4. The van der Waals surface area contributed by atoms with E-state index in [4.69, 9.17) is 40.9 Å². The summed E-state index contributed by atoms with van der Waals surface area (Å²) in [6.45, 7) is 0. The molecule has 1 rings (SSSR count). The zero-order valence-corrected chi connectivity index (χ0v) is 19.4. The molecule has 0 spiro atoms. The highest BCUT2D eigenvalue weighted by molar-refractivity contribution is 6.09. The minimum absolute atomic E-state index is 0.126. The summed E-state index contributed by atoms with van der Waals surface area (Å²) in [7, 11) is 0. The Kier molecular flexibility index (Phi) is 13.2. The van der Waals surface area contributed by atoms with Crippen molar-refractivity contribution in [1.82, 2.24) is 0 Å². The molecule has 0 radical (unpaired) electrons. The summed E-state index contributed by atoms with van der Waals surface area (Å²) in [5.41, 5.74) is -3.15. The molecule has 2 unspecified atom stereocenters. The molecule has 0 aromatic heterocycles. The summed E-state index contributed by atoms with van der Waals surface area (Å²) >= 11 is 0. The van der Waals surface area contributed by atoms with Gasteiger partial charge in [0.1, 0.15) is 0 Å². The summed E-state index contributed by atoms with van der Waals surface area (Å²) in [6.07, 6.45) is -0.0248. The van der Waals surface area contributed by atoms with Crippen molar-refractivity contribution in [3.8, 4) is 0 Å². The van der Waals surface area contributed by atoms with Crippen LogP contribution in [0.3, 0.4) is 0 Å². The van der Waals surface area contributed by atoms with Crippen LogP contribution in [0, 0.1) is 11.8 Å². The number of aliphatic carboxylic acids is 4. The van der Waals surface area contributed by atoms with Crippen LogP contribution in [0.5, 0.6) is 0 Å². The Balaban J connectivity index is 0.000000724. The van der Waals surface area contributed by atoms with E-state index < -0.39 is 94.7 Å². The van der Waals surface area contributed by atoms with Gasteiger partial charge in [-0.1, -0.05) is 12.8 Å². The van der Waals surface area contributed by atoms with Crippen LogP contribution in [0.25, 0.3) is 0 Å². The van der Waals surface area contributed by atoms with Gasteiger partial charge in [0, 0.05) is 0 Å². The Morgan fingerprint density at radius 1 is 0.474 bits per heavy atom. The van der Waals surface area contributed by atoms with Crippen LogP contribution in [0.15, 0.2) is 12.1 Å². The molecule has 16 nitrogen and oxygen atoms in total. The smallest absolute Gasteiger partial charge is 0.336 e. The number of carboxylic acids is 8. The van der Waals surface area contributed by atoms with E-state index in [1.807, 2.05) is 0 Å². The van der Waals surface area contributed by atoms with Gasteiger partial charge in [0.2, 0.25) is 0 Å². The monoisotopic (exact) mass is 544 g/mol. The number of hydrogen-bond donors (Lipinski definition) is 8. The fourth-order valence-corrected chi connectivity index (χ4v) is 3.14. The van der Waals surface area contributed by atoms with E-state index in [0.29, 0.717) is 25.0 Å². The van der Waals surface area contributed by atoms with Crippen LogP contribution in [0.2, 0.25) is 0 Å². The van der Waals surface area contributed by atoms with E-state index in [1.54, 1.807) is 0 Å². The highest BCUT2D eigenvalue weighted by atomic mass is 16.4. The third-order valence-electron chi connectivity index (χ3n) is 4.98. The van der Waals surface area contributed by atoms with Gasteiger partial charge >= 0.3 is 47.8 Å². The lowest BCUT2D eigenvalue weighted by Crippen LogP contribution is -2.19. The molecule has 0 amide bonds. The SMILES string of the molecule is O=C(O)CC(CCCCC(CC(=O)O)C(=O)O)C(=O)O.O=C(O)c1cc(C(=O)O)c(C(=O)O)cc1C(=O)O. The lowest BCUT2D eigenvalue weighted by Gasteiger charge is -2.12. The minimum atomic E-state index is -1.66. The predicted octanol–water partition coefficient (Wildman–Crippen LogP) is 1.38. The van der Waals surface area contributed by atoms with Gasteiger partial charge in [0.05, 0.1) is 46.9 Å². The molecule has 8 N–H and O–H groups in total. The molecule has 0 bridgehead atoms. The Bertz CT molecular complexity index is 984. The summed E-state index contributed by atoms with van der Waals surface area (Å²) in [4.78, 5) is 85.6. The molecular weight excluding hydrogens is 520 g/mol. The van der Waals surface area contributed by atoms with Gasteiger partial charge < -0.3 is 40.9 Å². The molecule has 2 atom stereocenters. The lowest BCUT2D eigenvalue weighted by molar-refractivity contribution is -0.149. The molecule has 0 heterocycles. The Labute approximate surface area is 212 Å². The first kappa shape index (κ1) is 33.0. The Morgan fingerprint density at radius 2 is 0.711 bits per heavy atom. The predicted molar refractivity (Wildman–Crippen MR) is 120 cm³/mol. The molecule has 38 heavy (non-hydrogen) atoms. The maximum absolute atomic E-state index is 10.8. The van der Waals surface area contributed by atoms with Crippen molar-refractivity contribution in [3.63, 3.8) is 0 Å². The van der Waals surface area contributed by atoms with Crippen molar-refractivity contribution in [2.45, 2.75) is 38.5 Å². The van der Waals surface area contributed by atoms with Crippen molar-refractivity contribution < 1.29 is 79.2 Å². The molecule has 0 aliphatic heterocycles. The second-order valence-electron chi connectivity index (χ2n) is 7.71. The molecule has 0 fully saturated rings. The standard InChI is InChI=1S/C12H18O8.C10H6O8/c13-9(14)5-7(11(17)18)3-1-2-4-8(12(19)20)6-10(15)16;11-7(12)3-1-4(8(13)14)6(10(17)18)2-5(3)9(15)16/h7-8H,1-6H2,(H,13,14)(H,15,16)(H,17,18)(H,19,20);1-2H,(H,11,12)(H,13,14)(H,15,16)(H,17,18). The second-order valence-corrected chi connectivity index (χ2v) is 7.71. The van der Waals surface area contributed by atoms with Crippen LogP contribution < -0.4 is 0 Å². The van der Waals surface area contributed by atoms with Crippen molar-refractivity contribution in [3.05, 3.63) is 34.4 Å². The first-order valence-corrected chi connectivity index (χ1v) is 10.5. The molecular formula is C22H24O16. The van der Waals surface area contributed by atoms with E-state index in [9.17, 15) is 38.4 Å². The molecule has 0 saturated carbocycles. The van der Waals surface area contributed by atoms with Gasteiger partial charge in [-0.15, -0.1) is 0 Å². The average Bonchev–Trinajstić information content (AvgIpc) is 2.78. The summed E-state index contributed by atoms with van der Waals surface area (Å²) in [5.74, 6) is -13.5. The van der Waals surface area contributed by atoms with E-state index in [2.05, 4.69) is 0 Å². The fraction of sp³-hybridized carbons (Fsp3) is 0.364. The fourth-order valence-electron chi connectivity index (χ4n) is 3.14. The van der Waals surface area contributed by atoms with E-state index >= 15 is 0 Å². The molecule has 0 aliphatic carbocycles. The number of carbonyl (C=O) groups is 8. The minimum Gasteiger partial charge on any atom is -0.481 e. The zero-order chi connectivity index (χ0) is 29.7.